The summed E-state index contributed by atoms with van der Waals surface area (Å²) in [5.74, 6) is 0.559. The van der Waals surface area contributed by atoms with Gasteiger partial charge in [-0.05, 0) is 50.1 Å². The molecule has 0 aromatic rings. The molecule has 2 fully saturated rings. The maximum absolute atomic E-state index is 12.0. The van der Waals surface area contributed by atoms with Crippen LogP contribution in [0, 0.1) is 11.3 Å². The van der Waals surface area contributed by atoms with Crippen molar-refractivity contribution in [1.29, 1.82) is 0 Å². The van der Waals surface area contributed by atoms with E-state index >= 15 is 0 Å². The van der Waals surface area contributed by atoms with Crippen molar-refractivity contribution in [1.82, 2.24) is 5.32 Å². The zero-order chi connectivity index (χ0) is 12.5. The van der Waals surface area contributed by atoms with Gasteiger partial charge in [0.05, 0.1) is 5.25 Å². The molecule has 1 saturated carbocycles. The van der Waals surface area contributed by atoms with Crippen molar-refractivity contribution >= 4 is 9.84 Å². The lowest BCUT2D eigenvalue weighted by atomic mass is 9.67. The quantitative estimate of drug-likeness (QED) is 0.843. The van der Waals surface area contributed by atoms with Gasteiger partial charge in [-0.3, -0.25) is 0 Å². The lowest BCUT2D eigenvalue weighted by molar-refractivity contribution is 0.109. The van der Waals surface area contributed by atoms with E-state index in [1.807, 2.05) is 0 Å². The van der Waals surface area contributed by atoms with Crippen LogP contribution < -0.4 is 5.32 Å². The number of hydrogen-bond donors (Lipinski definition) is 1. The molecule has 1 aliphatic carbocycles. The summed E-state index contributed by atoms with van der Waals surface area (Å²) in [5, 5.41) is 3.37. The predicted octanol–water partition coefficient (Wildman–Crippen LogP) is 1.98. The maximum atomic E-state index is 12.0. The van der Waals surface area contributed by atoms with Crippen molar-refractivity contribution in [2.75, 3.05) is 19.3 Å². The zero-order valence-corrected chi connectivity index (χ0v) is 11.9. The first-order chi connectivity index (χ1) is 8.00. The fourth-order valence-electron chi connectivity index (χ4n) is 4.20. The molecule has 1 heterocycles. The molecule has 1 spiro atoms. The Kier molecular flexibility index (Phi) is 3.83. The number of hydrogen-bond acceptors (Lipinski definition) is 3. The third-order valence-corrected chi connectivity index (χ3v) is 6.61. The molecule has 1 saturated heterocycles. The van der Waals surface area contributed by atoms with E-state index in [-0.39, 0.29) is 10.7 Å². The van der Waals surface area contributed by atoms with Crippen molar-refractivity contribution in [3.8, 4) is 0 Å². The van der Waals surface area contributed by atoms with Gasteiger partial charge in [-0.2, -0.15) is 0 Å². The van der Waals surface area contributed by atoms with Crippen LogP contribution in [0.3, 0.4) is 0 Å². The van der Waals surface area contributed by atoms with E-state index < -0.39 is 9.84 Å². The van der Waals surface area contributed by atoms with Gasteiger partial charge in [-0.15, -0.1) is 0 Å². The molecule has 2 rings (SSSR count). The zero-order valence-electron chi connectivity index (χ0n) is 11.0. The highest BCUT2D eigenvalue weighted by atomic mass is 32.2. The smallest absolute Gasteiger partial charge is 0.150 e. The molecule has 3 unspecified atom stereocenters. The summed E-state index contributed by atoms with van der Waals surface area (Å²) in [4.78, 5) is 0. The summed E-state index contributed by atoms with van der Waals surface area (Å²) < 4.78 is 24.1. The van der Waals surface area contributed by atoms with E-state index in [2.05, 4.69) is 12.2 Å². The fourth-order valence-corrected chi connectivity index (χ4v) is 6.08. The highest BCUT2D eigenvalue weighted by Gasteiger charge is 2.52. The molecular weight excluding hydrogens is 234 g/mol. The molecule has 0 radical (unpaired) electrons. The molecule has 2 aliphatic rings. The average molecular weight is 259 g/mol. The second-order valence-electron chi connectivity index (χ2n) is 5.88. The second-order valence-corrected chi connectivity index (χ2v) is 8.11. The van der Waals surface area contributed by atoms with Crippen LogP contribution in [0.15, 0.2) is 0 Å². The summed E-state index contributed by atoms with van der Waals surface area (Å²) in [6.45, 7) is 4.21. The minimum absolute atomic E-state index is 0.0753. The maximum Gasteiger partial charge on any atom is 0.150 e. The van der Waals surface area contributed by atoms with Crippen molar-refractivity contribution < 1.29 is 8.42 Å². The third kappa shape index (κ3) is 2.39. The van der Waals surface area contributed by atoms with E-state index in [0.717, 1.165) is 45.2 Å². The monoisotopic (exact) mass is 259 g/mol. The molecule has 100 valence electrons. The summed E-state index contributed by atoms with van der Waals surface area (Å²) in [5.41, 5.74) is 0.0921. The van der Waals surface area contributed by atoms with Gasteiger partial charge in [0.15, 0.2) is 9.84 Å². The van der Waals surface area contributed by atoms with Crippen LogP contribution in [0.25, 0.3) is 0 Å². The van der Waals surface area contributed by atoms with Gasteiger partial charge >= 0.3 is 0 Å². The number of sulfone groups is 1. The summed E-state index contributed by atoms with van der Waals surface area (Å²) in [6, 6.07) is 0. The lowest BCUT2D eigenvalue weighted by Gasteiger charge is -2.45. The number of rotatable bonds is 3. The minimum Gasteiger partial charge on any atom is -0.316 e. The Hall–Kier alpha value is -0.0900. The molecule has 1 aliphatic heterocycles. The Balaban J connectivity index is 2.30. The van der Waals surface area contributed by atoms with Crippen LogP contribution in [0.5, 0.6) is 0 Å². The molecule has 0 amide bonds. The summed E-state index contributed by atoms with van der Waals surface area (Å²) in [7, 11) is -2.89. The van der Waals surface area contributed by atoms with Crippen LogP contribution in [0.4, 0.5) is 0 Å². The van der Waals surface area contributed by atoms with Crippen LogP contribution in [0.2, 0.25) is 0 Å². The highest BCUT2D eigenvalue weighted by molar-refractivity contribution is 7.91. The van der Waals surface area contributed by atoms with Gasteiger partial charge in [0, 0.05) is 6.26 Å². The SMILES string of the molecule is CCCC1CNCCC12CCCC2S(C)(=O)=O. The highest BCUT2D eigenvalue weighted by Crippen LogP contribution is 2.52. The molecule has 1 N–H and O–H groups in total. The summed E-state index contributed by atoms with van der Waals surface area (Å²) >= 11 is 0. The van der Waals surface area contributed by atoms with Gasteiger partial charge in [0.2, 0.25) is 0 Å². The van der Waals surface area contributed by atoms with E-state index in [4.69, 9.17) is 0 Å². The van der Waals surface area contributed by atoms with E-state index in [1.54, 1.807) is 0 Å². The van der Waals surface area contributed by atoms with Crippen LogP contribution >= 0.6 is 0 Å². The lowest BCUT2D eigenvalue weighted by Crippen LogP contribution is -2.51. The van der Waals surface area contributed by atoms with Gasteiger partial charge in [0.25, 0.3) is 0 Å². The van der Waals surface area contributed by atoms with E-state index in [1.165, 1.54) is 12.7 Å². The molecule has 0 aromatic heterocycles. The molecule has 0 aromatic carbocycles. The number of nitrogens with one attached hydrogen (secondary N) is 1. The van der Waals surface area contributed by atoms with Crippen LogP contribution in [-0.4, -0.2) is 33.0 Å². The molecule has 4 heteroatoms. The standard InChI is InChI=1S/C13H25NO2S/c1-3-5-11-10-14-9-8-13(11)7-4-6-12(13)17(2,15)16/h11-12,14H,3-10H2,1-2H3. The first-order valence-electron chi connectivity index (χ1n) is 6.90. The van der Waals surface area contributed by atoms with Gasteiger partial charge < -0.3 is 5.32 Å². The Bertz CT molecular complexity index is 364. The van der Waals surface area contributed by atoms with E-state index in [9.17, 15) is 8.42 Å². The van der Waals surface area contributed by atoms with Gasteiger partial charge in [-0.1, -0.05) is 19.8 Å². The van der Waals surface area contributed by atoms with E-state index in [0.29, 0.717) is 5.92 Å². The number of piperidine rings is 1. The van der Waals surface area contributed by atoms with Crippen molar-refractivity contribution in [2.24, 2.45) is 11.3 Å². The molecule has 3 atom stereocenters. The molecular formula is C13H25NO2S. The van der Waals surface area contributed by atoms with Crippen LogP contribution in [0.1, 0.15) is 45.4 Å². The van der Waals surface area contributed by atoms with Crippen molar-refractivity contribution in [3.63, 3.8) is 0 Å². The minimum atomic E-state index is -2.89. The Labute approximate surface area is 105 Å². The Morgan fingerprint density at radius 3 is 2.76 bits per heavy atom. The normalized spacial score (nSPS) is 38.7. The average Bonchev–Trinajstić information content (AvgIpc) is 2.66. The van der Waals surface area contributed by atoms with Crippen molar-refractivity contribution in [2.45, 2.75) is 50.7 Å². The molecule has 17 heavy (non-hydrogen) atoms. The molecule has 0 bridgehead atoms. The molecule has 3 nitrogen and oxygen atoms in total. The Morgan fingerprint density at radius 1 is 1.35 bits per heavy atom. The first kappa shape index (κ1) is 13.3. The van der Waals surface area contributed by atoms with Crippen molar-refractivity contribution in [3.05, 3.63) is 0 Å². The summed E-state index contributed by atoms with van der Waals surface area (Å²) in [6.07, 6.45) is 7.92. The largest absolute Gasteiger partial charge is 0.316 e. The Morgan fingerprint density at radius 2 is 2.12 bits per heavy atom. The fraction of sp³-hybridized carbons (Fsp3) is 1.00. The predicted molar refractivity (Wildman–Crippen MR) is 70.8 cm³/mol. The van der Waals surface area contributed by atoms with Gasteiger partial charge in [-0.25, -0.2) is 8.42 Å². The second kappa shape index (κ2) is 4.88. The topological polar surface area (TPSA) is 46.2 Å². The first-order valence-corrected chi connectivity index (χ1v) is 8.86. The van der Waals surface area contributed by atoms with Crippen LogP contribution in [-0.2, 0) is 9.84 Å². The third-order valence-electron chi connectivity index (χ3n) is 4.87. The van der Waals surface area contributed by atoms with Gasteiger partial charge in [0.1, 0.15) is 0 Å².